The molecule has 1 aromatic carbocycles. The molecule has 156 valence electrons. The summed E-state index contributed by atoms with van der Waals surface area (Å²) >= 11 is 0. The van der Waals surface area contributed by atoms with Gasteiger partial charge >= 0.3 is 0 Å². The molecule has 1 heterocycles. The zero-order chi connectivity index (χ0) is 19.8. The van der Waals surface area contributed by atoms with Crippen molar-refractivity contribution in [3.05, 3.63) is 23.8 Å². The Labute approximate surface area is 169 Å². The molecule has 1 saturated heterocycles. The average Bonchev–Trinajstić information content (AvgIpc) is 2.77. The first-order valence-electron chi connectivity index (χ1n) is 10.9. The van der Waals surface area contributed by atoms with Gasteiger partial charge in [-0.05, 0) is 69.0 Å². The lowest BCUT2D eigenvalue weighted by Gasteiger charge is -2.48. The number of nitrogens with one attached hydrogen (secondary N) is 1. The number of piperidine rings is 1. The number of benzene rings is 1. The fourth-order valence-corrected chi connectivity index (χ4v) is 4.86. The van der Waals surface area contributed by atoms with Crippen LogP contribution >= 0.6 is 0 Å². The van der Waals surface area contributed by atoms with Gasteiger partial charge in [-0.3, -0.25) is 9.69 Å². The molecule has 1 saturated carbocycles. The molecule has 1 amide bonds. The van der Waals surface area contributed by atoms with Crippen LogP contribution in [0.25, 0.3) is 0 Å². The van der Waals surface area contributed by atoms with E-state index in [0.29, 0.717) is 12.8 Å². The summed E-state index contributed by atoms with van der Waals surface area (Å²) in [7, 11) is 3.32. The van der Waals surface area contributed by atoms with Gasteiger partial charge in [0.25, 0.3) is 0 Å². The molecule has 0 unspecified atom stereocenters. The van der Waals surface area contributed by atoms with Gasteiger partial charge < -0.3 is 14.8 Å². The Hall–Kier alpha value is -1.75. The van der Waals surface area contributed by atoms with Crippen LogP contribution in [-0.4, -0.2) is 50.2 Å². The first-order valence-corrected chi connectivity index (χ1v) is 10.9. The second kappa shape index (κ2) is 10.1. The van der Waals surface area contributed by atoms with E-state index in [-0.39, 0.29) is 11.4 Å². The van der Waals surface area contributed by atoms with E-state index >= 15 is 0 Å². The molecule has 0 bridgehead atoms. The standard InChI is InChI=1S/C23H36N2O3/c1-27-20-10-11-21(28-2)19(17-20)9-12-22(26)24-18-23(13-5-3-6-14-23)25-15-7-4-8-16-25/h10-11,17H,3-9,12-16,18H2,1-2H3,(H,24,26). The van der Waals surface area contributed by atoms with E-state index in [0.717, 1.165) is 23.6 Å². The predicted molar refractivity (Wildman–Crippen MR) is 112 cm³/mol. The molecule has 5 heteroatoms. The Morgan fingerprint density at radius 2 is 1.75 bits per heavy atom. The quantitative estimate of drug-likeness (QED) is 0.733. The highest BCUT2D eigenvalue weighted by Crippen LogP contribution is 2.35. The van der Waals surface area contributed by atoms with Crippen LogP contribution in [0.1, 0.15) is 63.4 Å². The average molecular weight is 389 g/mol. The Kier molecular flexibility index (Phi) is 7.60. The van der Waals surface area contributed by atoms with Crippen LogP contribution in [0.15, 0.2) is 18.2 Å². The lowest BCUT2D eigenvalue weighted by Crippen LogP contribution is -2.58. The number of rotatable bonds is 8. The van der Waals surface area contributed by atoms with Crippen LogP contribution in [0, 0.1) is 0 Å². The summed E-state index contributed by atoms with van der Waals surface area (Å²) in [6.45, 7) is 3.18. The van der Waals surface area contributed by atoms with E-state index in [4.69, 9.17) is 9.47 Å². The van der Waals surface area contributed by atoms with Crippen LogP contribution in [0.4, 0.5) is 0 Å². The molecular weight excluding hydrogens is 352 g/mol. The fraction of sp³-hybridized carbons (Fsp3) is 0.696. The van der Waals surface area contributed by atoms with Crippen molar-refractivity contribution in [1.82, 2.24) is 10.2 Å². The summed E-state index contributed by atoms with van der Waals surface area (Å²) < 4.78 is 10.7. The van der Waals surface area contributed by atoms with Crippen molar-refractivity contribution >= 4 is 5.91 Å². The summed E-state index contributed by atoms with van der Waals surface area (Å²) in [5.74, 6) is 1.74. The van der Waals surface area contributed by atoms with E-state index < -0.39 is 0 Å². The molecule has 2 fully saturated rings. The molecule has 0 aromatic heterocycles. The van der Waals surface area contributed by atoms with Crippen molar-refractivity contribution in [3.63, 3.8) is 0 Å². The number of amides is 1. The number of hydrogen-bond acceptors (Lipinski definition) is 4. The topological polar surface area (TPSA) is 50.8 Å². The minimum Gasteiger partial charge on any atom is -0.497 e. The second-order valence-electron chi connectivity index (χ2n) is 8.29. The Morgan fingerprint density at radius 3 is 2.43 bits per heavy atom. The molecule has 0 atom stereocenters. The molecule has 0 radical (unpaired) electrons. The van der Waals surface area contributed by atoms with Crippen molar-refractivity contribution in [1.29, 1.82) is 0 Å². The summed E-state index contributed by atoms with van der Waals surface area (Å²) in [5.41, 5.74) is 1.20. The molecule has 1 aliphatic heterocycles. The lowest BCUT2D eigenvalue weighted by molar-refractivity contribution is -0.122. The van der Waals surface area contributed by atoms with Crippen molar-refractivity contribution < 1.29 is 14.3 Å². The summed E-state index contributed by atoms with van der Waals surface area (Å²) in [5, 5.41) is 3.27. The molecule has 2 aliphatic rings. The Bertz CT molecular complexity index is 635. The maximum absolute atomic E-state index is 12.6. The zero-order valence-corrected chi connectivity index (χ0v) is 17.6. The third-order valence-electron chi connectivity index (χ3n) is 6.53. The minimum atomic E-state index is 0.131. The van der Waals surface area contributed by atoms with Gasteiger partial charge in [-0.25, -0.2) is 0 Å². The van der Waals surface area contributed by atoms with Gasteiger partial charge in [-0.15, -0.1) is 0 Å². The van der Waals surface area contributed by atoms with E-state index in [2.05, 4.69) is 10.2 Å². The van der Waals surface area contributed by atoms with Crippen molar-refractivity contribution in [3.8, 4) is 11.5 Å². The smallest absolute Gasteiger partial charge is 0.220 e. The highest BCUT2D eigenvalue weighted by atomic mass is 16.5. The van der Waals surface area contributed by atoms with Gasteiger partial charge in [0.15, 0.2) is 0 Å². The maximum atomic E-state index is 12.6. The number of likely N-dealkylation sites (tertiary alicyclic amines) is 1. The van der Waals surface area contributed by atoms with Crippen LogP contribution in [0.3, 0.4) is 0 Å². The normalized spacial score (nSPS) is 19.8. The first kappa shape index (κ1) is 21.0. The van der Waals surface area contributed by atoms with Gasteiger partial charge in [0.2, 0.25) is 5.91 Å². The predicted octanol–water partition coefficient (Wildman–Crippen LogP) is 3.94. The first-order chi connectivity index (χ1) is 13.7. The lowest BCUT2D eigenvalue weighted by atomic mass is 9.79. The highest BCUT2D eigenvalue weighted by molar-refractivity contribution is 5.76. The third kappa shape index (κ3) is 5.19. The molecular formula is C23H36N2O3. The molecule has 3 rings (SSSR count). The third-order valence-corrected chi connectivity index (χ3v) is 6.53. The molecule has 28 heavy (non-hydrogen) atoms. The molecule has 1 aliphatic carbocycles. The SMILES string of the molecule is COc1ccc(OC)c(CCC(=O)NCC2(N3CCCCC3)CCCCC2)c1. The van der Waals surface area contributed by atoms with E-state index in [1.807, 2.05) is 18.2 Å². The number of nitrogens with zero attached hydrogens (tertiary/aromatic N) is 1. The summed E-state index contributed by atoms with van der Waals surface area (Å²) in [6.07, 6.45) is 11.4. The Balaban J connectivity index is 1.56. The van der Waals surface area contributed by atoms with E-state index in [1.165, 1.54) is 64.5 Å². The van der Waals surface area contributed by atoms with Crippen LogP contribution in [0.2, 0.25) is 0 Å². The monoisotopic (exact) mass is 388 g/mol. The minimum absolute atomic E-state index is 0.131. The fourth-order valence-electron chi connectivity index (χ4n) is 4.86. The van der Waals surface area contributed by atoms with E-state index in [9.17, 15) is 4.79 Å². The number of methoxy groups -OCH3 is 2. The van der Waals surface area contributed by atoms with Crippen molar-refractivity contribution in [2.24, 2.45) is 0 Å². The van der Waals surface area contributed by atoms with E-state index in [1.54, 1.807) is 14.2 Å². The molecule has 1 N–H and O–H groups in total. The number of carbonyl (C=O) groups is 1. The largest absolute Gasteiger partial charge is 0.497 e. The van der Waals surface area contributed by atoms with Gasteiger partial charge in [0.05, 0.1) is 14.2 Å². The number of aryl methyl sites for hydroxylation is 1. The number of carbonyl (C=O) groups excluding carboxylic acids is 1. The zero-order valence-electron chi connectivity index (χ0n) is 17.6. The molecule has 0 spiro atoms. The van der Waals surface area contributed by atoms with Crippen LogP contribution in [-0.2, 0) is 11.2 Å². The van der Waals surface area contributed by atoms with Gasteiger partial charge in [0, 0.05) is 18.5 Å². The highest BCUT2D eigenvalue weighted by Gasteiger charge is 2.38. The number of ether oxygens (including phenoxy) is 2. The summed E-state index contributed by atoms with van der Waals surface area (Å²) in [4.78, 5) is 15.3. The van der Waals surface area contributed by atoms with Gasteiger partial charge in [0.1, 0.15) is 11.5 Å². The van der Waals surface area contributed by atoms with Crippen LogP contribution in [0.5, 0.6) is 11.5 Å². The Morgan fingerprint density at radius 1 is 1.04 bits per heavy atom. The maximum Gasteiger partial charge on any atom is 0.220 e. The second-order valence-corrected chi connectivity index (χ2v) is 8.29. The van der Waals surface area contributed by atoms with Crippen molar-refractivity contribution in [2.75, 3.05) is 33.9 Å². The summed E-state index contributed by atoms with van der Waals surface area (Å²) in [6, 6.07) is 5.75. The molecule has 1 aromatic rings. The van der Waals surface area contributed by atoms with Gasteiger partial charge in [-0.2, -0.15) is 0 Å². The number of hydrogen-bond donors (Lipinski definition) is 1. The molecule has 5 nitrogen and oxygen atoms in total. The van der Waals surface area contributed by atoms with Crippen molar-refractivity contribution in [2.45, 2.75) is 69.7 Å². The van der Waals surface area contributed by atoms with Crippen LogP contribution < -0.4 is 14.8 Å². The van der Waals surface area contributed by atoms with Gasteiger partial charge in [-0.1, -0.05) is 25.7 Å².